The van der Waals surface area contributed by atoms with Gasteiger partial charge in [0.05, 0.1) is 0 Å². The first-order valence-electron chi connectivity index (χ1n) is 6.18. The average Bonchev–Trinajstić information content (AvgIpc) is 2.41. The van der Waals surface area contributed by atoms with E-state index < -0.39 is 5.82 Å². The summed E-state index contributed by atoms with van der Waals surface area (Å²) in [5.74, 6) is 0.0726. The molecule has 0 saturated heterocycles. The molecule has 0 N–H and O–H groups in total. The second-order valence-corrected chi connectivity index (χ2v) is 4.26. The van der Waals surface area contributed by atoms with Crippen LogP contribution < -0.4 is 4.74 Å². The number of halogens is 1. The largest absolute Gasteiger partial charge is 0.454 e. The number of Topliss-reactive ketones (excluding diaryl/α,β-unsaturated/α-hetero) is 1. The molecular weight excluding hydrogens is 243 g/mol. The fourth-order valence-electron chi connectivity index (χ4n) is 1.82. The summed E-state index contributed by atoms with van der Waals surface area (Å²) in [5.41, 5.74) is 1.35. The van der Waals surface area contributed by atoms with E-state index in [-0.39, 0.29) is 11.5 Å². The van der Waals surface area contributed by atoms with Crippen LogP contribution in [-0.4, -0.2) is 5.78 Å². The zero-order valence-corrected chi connectivity index (χ0v) is 10.9. The molecule has 0 spiro atoms. The summed E-state index contributed by atoms with van der Waals surface area (Å²) < 4.78 is 19.4. The zero-order valence-electron chi connectivity index (χ0n) is 10.9. The Morgan fingerprint density at radius 2 is 1.89 bits per heavy atom. The van der Waals surface area contributed by atoms with Crippen molar-refractivity contribution in [2.24, 2.45) is 0 Å². The smallest absolute Gasteiger partial charge is 0.166 e. The molecule has 0 fully saturated rings. The Kier molecular flexibility index (Phi) is 3.95. The molecule has 0 aromatic heterocycles. The van der Waals surface area contributed by atoms with Crippen LogP contribution in [0.1, 0.15) is 29.8 Å². The van der Waals surface area contributed by atoms with Crippen LogP contribution in [0.2, 0.25) is 0 Å². The van der Waals surface area contributed by atoms with Crippen LogP contribution in [0.5, 0.6) is 11.5 Å². The summed E-state index contributed by atoms with van der Waals surface area (Å²) in [4.78, 5) is 11.2. The first-order valence-corrected chi connectivity index (χ1v) is 6.18. The fourth-order valence-corrected chi connectivity index (χ4v) is 1.82. The fraction of sp³-hybridized carbons (Fsp3) is 0.188. The molecule has 0 aliphatic heterocycles. The van der Waals surface area contributed by atoms with E-state index in [0.717, 1.165) is 12.0 Å². The highest BCUT2D eigenvalue weighted by molar-refractivity contribution is 5.94. The number of aryl methyl sites for hydroxylation is 1. The molecule has 0 aliphatic rings. The molecule has 19 heavy (non-hydrogen) atoms. The number of carbonyl (C=O) groups is 1. The molecule has 0 amide bonds. The van der Waals surface area contributed by atoms with Gasteiger partial charge in [-0.3, -0.25) is 4.79 Å². The molecule has 3 heteroatoms. The summed E-state index contributed by atoms with van der Waals surface area (Å²) in [7, 11) is 0. The highest BCUT2D eigenvalue weighted by atomic mass is 19.1. The summed E-state index contributed by atoms with van der Waals surface area (Å²) in [6, 6.07) is 11.8. The highest BCUT2D eigenvalue weighted by Crippen LogP contribution is 2.28. The third-order valence-electron chi connectivity index (χ3n) is 2.91. The minimum atomic E-state index is -0.529. The molecule has 2 nitrogen and oxygen atoms in total. The summed E-state index contributed by atoms with van der Waals surface area (Å²) in [6.07, 6.45) is 0.809. The predicted octanol–water partition coefficient (Wildman–Crippen LogP) is 4.38. The van der Waals surface area contributed by atoms with Crippen molar-refractivity contribution in [2.45, 2.75) is 20.3 Å². The van der Waals surface area contributed by atoms with Gasteiger partial charge in [0.15, 0.2) is 17.3 Å². The Morgan fingerprint density at radius 1 is 1.16 bits per heavy atom. The topological polar surface area (TPSA) is 26.3 Å². The van der Waals surface area contributed by atoms with Gasteiger partial charge < -0.3 is 4.74 Å². The van der Waals surface area contributed by atoms with E-state index in [2.05, 4.69) is 0 Å². The lowest BCUT2D eigenvalue weighted by Crippen LogP contribution is -1.96. The van der Waals surface area contributed by atoms with Crippen molar-refractivity contribution >= 4 is 5.78 Å². The van der Waals surface area contributed by atoms with Gasteiger partial charge in [-0.15, -0.1) is 0 Å². The van der Waals surface area contributed by atoms with Crippen molar-refractivity contribution in [3.63, 3.8) is 0 Å². The van der Waals surface area contributed by atoms with Crippen molar-refractivity contribution in [1.29, 1.82) is 0 Å². The van der Waals surface area contributed by atoms with Gasteiger partial charge in [0.25, 0.3) is 0 Å². The van der Waals surface area contributed by atoms with Gasteiger partial charge in [0.2, 0.25) is 0 Å². The van der Waals surface area contributed by atoms with Crippen LogP contribution in [0.15, 0.2) is 42.5 Å². The number of hydrogen-bond donors (Lipinski definition) is 0. The SMILES string of the molecule is CCc1ccccc1Oc1ccc(C(C)=O)cc1F. The lowest BCUT2D eigenvalue weighted by atomic mass is 10.1. The van der Waals surface area contributed by atoms with Crippen molar-refractivity contribution in [3.05, 3.63) is 59.4 Å². The molecule has 0 aliphatic carbocycles. The van der Waals surface area contributed by atoms with Crippen LogP contribution >= 0.6 is 0 Å². The molecule has 0 radical (unpaired) electrons. The molecule has 0 saturated carbocycles. The molecule has 0 atom stereocenters. The van der Waals surface area contributed by atoms with E-state index in [4.69, 9.17) is 4.74 Å². The van der Waals surface area contributed by atoms with Crippen molar-refractivity contribution < 1.29 is 13.9 Å². The number of benzene rings is 2. The van der Waals surface area contributed by atoms with Gasteiger partial charge in [-0.2, -0.15) is 0 Å². The van der Waals surface area contributed by atoms with E-state index in [9.17, 15) is 9.18 Å². The zero-order chi connectivity index (χ0) is 13.8. The Balaban J connectivity index is 2.31. The van der Waals surface area contributed by atoms with Crippen LogP contribution in [-0.2, 0) is 6.42 Å². The number of rotatable bonds is 4. The quantitative estimate of drug-likeness (QED) is 0.760. The average molecular weight is 258 g/mol. The van der Waals surface area contributed by atoms with Gasteiger partial charge in [0, 0.05) is 5.56 Å². The van der Waals surface area contributed by atoms with Crippen LogP contribution in [0.25, 0.3) is 0 Å². The van der Waals surface area contributed by atoms with Crippen molar-refractivity contribution in [3.8, 4) is 11.5 Å². The number of hydrogen-bond acceptors (Lipinski definition) is 2. The molecule has 2 aromatic carbocycles. The van der Waals surface area contributed by atoms with E-state index in [1.54, 1.807) is 12.1 Å². The van der Waals surface area contributed by atoms with Gasteiger partial charge in [-0.1, -0.05) is 25.1 Å². The Hall–Kier alpha value is -2.16. The standard InChI is InChI=1S/C16H15FO2/c1-3-12-6-4-5-7-15(12)19-16-9-8-13(11(2)18)10-14(16)17/h4-10H,3H2,1-2H3. The Labute approximate surface area is 111 Å². The van der Waals surface area contributed by atoms with Crippen molar-refractivity contribution in [1.82, 2.24) is 0 Å². The van der Waals surface area contributed by atoms with Gasteiger partial charge in [-0.25, -0.2) is 4.39 Å². The summed E-state index contributed by atoms with van der Waals surface area (Å²) >= 11 is 0. The number of ether oxygens (including phenoxy) is 1. The van der Waals surface area contributed by atoms with Crippen LogP contribution in [0.3, 0.4) is 0 Å². The molecule has 2 rings (SSSR count). The minimum absolute atomic E-state index is 0.130. The third kappa shape index (κ3) is 2.99. The molecule has 2 aromatic rings. The van der Waals surface area contributed by atoms with E-state index >= 15 is 0 Å². The Morgan fingerprint density at radius 3 is 2.53 bits per heavy atom. The maximum atomic E-state index is 13.9. The maximum absolute atomic E-state index is 13.9. The lowest BCUT2D eigenvalue weighted by molar-refractivity contribution is 0.101. The van der Waals surface area contributed by atoms with E-state index in [0.29, 0.717) is 11.3 Å². The molecule has 0 unspecified atom stereocenters. The van der Waals surface area contributed by atoms with E-state index in [1.165, 1.54) is 19.1 Å². The van der Waals surface area contributed by atoms with Gasteiger partial charge in [-0.05, 0) is 43.2 Å². The minimum Gasteiger partial charge on any atom is -0.454 e. The first kappa shape index (κ1) is 13.3. The van der Waals surface area contributed by atoms with Gasteiger partial charge >= 0.3 is 0 Å². The Bertz CT molecular complexity index is 605. The molecule has 0 bridgehead atoms. The summed E-state index contributed by atoms with van der Waals surface area (Å²) in [6.45, 7) is 3.42. The number of carbonyl (C=O) groups excluding carboxylic acids is 1. The number of ketones is 1. The maximum Gasteiger partial charge on any atom is 0.166 e. The monoisotopic (exact) mass is 258 g/mol. The summed E-state index contributed by atoms with van der Waals surface area (Å²) in [5, 5.41) is 0. The normalized spacial score (nSPS) is 10.3. The number of para-hydroxylation sites is 1. The second-order valence-electron chi connectivity index (χ2n) is 4.26. The first-order chi connectivity index (χ1) is 9.11. The van der Waals surface area contributed by atoms with Gasteiger partial charge in [0.1, 0.15) is 5.75 Å². The third-order valence-corrected chi connectivity index (χ3v) is 2.91. The molecule has 98 valence electrons. The van der Waals surface area contributed by atoms with Crippen molar-refractivity contribution in [2.75, 3.05) is 0 Å². The van der Waals surface area contributed by atoms with Crippen LogP contribution in [0.4, 0.5) is 4.39 Å². The predicted molar refractivity (Wildman–Crippen MR) is 72.3 cm³/mol. The van der Waals surface area contributed by atoms with E-state index in [1.807, 2.05) is 25.1 Å². The highest BCUT2D eigenvalue weighted by Gasteiger charge is 2.10. The lowest BCUT2D eigenvalue weighted by Gasteiger charge is -2.10. The molecule has 0 heterocycles. The molecular formula is C16H15FO2. The van der Waals surface area contributed by atoms with Crippen LogP contribution in [0, 0.1) is 5.82 Å². The second kappa shape index (κ2) is 5.65.